The molecule has 1 saturated carbocycles. The van der Waals surface area contributed by atoms with E-state index in [1.807, 2.05) is 30.3 Å². The van der Waals surface area contributed by atoms with Gasteiger partial charge < -0.3 is 5.32 Å². The Hall–Kier alpha value is -2.60. The lowest BCUT2D eigenvalue weighted by Crippen LogP contribution is -2.31. The minimum absolute atomic E-state index is 0.0218. The maximum absolute atomic E-state index is 12.5. The maximum Gasteiger partial charge on any atom is 0.230 e. The minimum atomic E-state index is 0.0218. The van der Waals surface area contributed by atoms with Crippen molar-refractivity contribution in [2.75, 3.05) is 5.75 Å². The summed E-state index contributed by atoms with van der Waals surface area (Å²) in [5.41, 5.74) is 3.37. The fourth-order valence-electron chi connectivity index (χ4n) is 3.04. The molecule has 1 unspecified atom stereocenters. The summed E-state index contributed by atoms with van der Waals surface area (Å²) in [5.74, 6) is 0.888. The Morgan fingerprint density at radius 3 is 2.63 bits per heavy atom. The third-order valence-electron chi connectivity index (χ3n) is 4.67. The van der Waals surface area contributed by atoms with Crippen molar-refractivity contribution in [3.05, 3.63) is 72.1 Å². The second-order valence-corrected chi connectivity index (χ2v) is 7.83. The van der Waals surface area contributed by atoms with Crippen molar-refractivity contribution in [1.29, 1.82) is 0 Å². The molecule has 1 N–H and O–H groups in total. The van der Waals surface area contributed by atoms with Crippen molar-refractivity contribution in [2.45, 2.75) is 31.0 Å². The number of amides is 1. The number of hydrogen-bond donors (Lipinski definition) is 1. The molecule has 0 saturated heterocycles. The molecule has 27 heavy (non-hydrogen) atoms. The Kier molecular flexibility index (Phi) is 5.25. The summed E-state index contributed by atoms with van der Waals surface area (Å²) in [7, 11) is 0. The van der Waals surface area contributed by atoms with Crippen LogP contribution in [-0.2, 0) is 4.79 Å². The third-order valence-corrected chi connectivity index (χ3v) is 5.52. The van der Waals surface area contributed by atoms with E-state index in [-0.39, 0.29) is 11.9 Å². The second-order valence-electron chi connectivity index (χ2n) is 6.89. The molecular formula is C21H22N4OS. The quantitative estimate of drug-likeness (QED) is 0.633. The van der Waals surface area contributed by atoms with E-state index < -0.39 is 0 Å². The van der Waals surface area contributed by atoms with Gasteiger partial charge in [-0.05, 0) is 43.4 Å². The van der Waals surface area contributed by atoms with Gasteiger partial charge in [-0.25, -0.2) is 9.67 Å². The van der Waals surface area contributed by atoms with Crippen LogP contribution in [0.15, 0.2) is 66.1 Å². The Morgan fingerprint density at radius 2 is 1.93 bits per heavy atom. The molecule has 2 aromatic carbocycles. The van der Waals surface area contributed by atoms with Gasteiger partial charge in [-0.15, -0.1) is 5.10 Å². The van der Waals surface area contributed by atoms with Crippen molar-refractivity contribution in [2.24, 2.45) is 5.92 Å². The van der Waals surface area contributed by atoms with E-state index in [1.165, 1.54) is 35.7 Å². The summed E-state index contributed by atoms with van der Waals surface area (Å²) in [6.07, 6.45) is 4.03. The first-order valence-corrected chi connectivity index (χ1v) is 10.1. The van der Waals surface area contributed by atoms with Crippen LogP contribution < -0.4 is 5.32 Å². The van der Waals surface area contributed by atoms with Crippen LogP contribution in [0.3, 0.4) is 0 Å². The van der Waals surface area contributed by atoms with E-state index in [9.17, 15) is 4.79 Å². The molecule has 0 aliphatic heterocycles. The van der Waals surface area contributed by atoms with E-state index in [0.29, 0.717) is 16.8 Å². The highest BCUT2D eigenvalue weighted by atomic mass is 32.2. The number of aromatic nitrogens is 3. The molecule has 6 heteroatoms. The number of aryl methyl sites for hydroxylation is 1. The number of nitrogens with zero attached hydrogens (tertiary/aromatic N) is 3. The summed E-state index contributed by atoms with van der Waals surface area (Å²) in [6, 6.07) is 18.4. The zero-order valence-corrected chi connectivity index (χ0v) is 16.0. The largest absolute Gasteiger partial charge is 0.348 e. The van der Waals surface area contributed by atoms with Crippen LogP contribution in [0.25, 0.3) is 5.69 Å². The Morgan fingerprint density at radius 1 is 1.19 bits per heavy atom. The number of carbonyl (C=O) groups is 1. The topological polar surface area (TPSA) is 59.8 Å². The summed E-state index contributed by atoms with van der Waals surface area (Å²) in [6.45, 7) is 2.08. The first kappa shape index (κ1) is 17.8. The van der Waals surface area contributed by atoms with Gasteiger partial charge >= 0.3 is 0 Å². The molecule has 0 spiro atoms. The van der Waals surface area contributed by atoms with Crippen LogP contribution in [-0.4, -0.2) is 26.4 Å². The van der Waals surface area contributed by atoms with E-state index in [0.717, 1.165) is 5.69 Å². The third kappa shape index (κ3) is 4.57. The summed E-state index contributed by atoms with van der Waals surface area (Å²) >= 11 is 1.36. The average Bonchev–Trinajstić information content (AvgIpc) is 3.43. The number of nitrogens with one attached hydrogen (secondary N) is 1. The average molecular weight is 379 g/mol. The zero-order valence-electron chi connectivity index (χ0n) is 15.2. The zero-order chi connectivity index (χ0) is 18.6. The highest BCUT2D eigenvalue weighted by molar-refractivity contribution is 7.99. The molecule has 4 rings (SSSR count). The number of benzene rings is 2. The summed E-state index contributed by atoms with van der Waals surface area (Å²) in [5, 5.41) is 8.24. The van der Waals surface area contributed by atoms with Crippen molar-refractivity contribution in [1.82, 2.24) is 20.1 Å². The van der Waals surface area contributed by atoms with Crippen LogP contribution in [0.1, 0.15) is 30.0 Å². The van der Waals surface area contributed by atoms with E-state index >= 15 is 0 Å². The molecule has 1 aliphatic carbocycles. The highest BCUT2D eigenvalue weighted by Gasteiger charge is 2.33. The van der Waals surface area contributed by atoms with Crippen LogP contribution in [0.5, 0.6) is 0 Å². The lowest BCUT2D eigenvalue weighted by molar-refractivity contribution is -0.119. The predicted molar refractivity (Wildman–Crippen MR) is 107 cm³/mol. The molecule has 0 radical (unpaired) electrons. The molecule has 3 aromatic rings. The number of carbonyl (C=O) groups excluding carboxylic acids is 1. The summed E-state index contributed by atoms with van der Waals surface area (Å²) < 4.78 is 1.72. The van der Waals surface area contributed by atoms with Crippen molar-refractivity contribution in [3.8, 4) is 5.69 Å². The van der Waals surface area contributed by atoms with Gasteiger partial charge in [0.05, 0.1) is 17.5 Å². The fourth-order valence-corrected chi connectivity index (χ4v) is 3.65. The standard InChI is InChI=1S/C21H22N4OS/c1-15-7-9-16(10-8-15)20(17-11-12-17)23-19(26)13-27-21-22-14-25(24-21)18-5-3-2-4-6-18/h2-10,14,17,20H,11-13H2,1H3,(H,23,26). The van der Waals surface area contributed by atoms with Gasteiger partial charge in [-0.1, -0.05) is 59.8 Å². The molecule has 1 aliphatic rings. The monoisotopic (exact) mass is 378 g/mol. The smallest absolute Gasteiger partial charge is 0.230 e. The first-order chi connectivity index (χ1) is 13.2. The Labute approximate surface area is 163 Å². The lowest BCUT2D eigenvalue weighted by Gasteiger charge is -2.18. The van der Waals surface area contributed by atoms with Gasteiger partial charge in [-0.3, -0.25) is 4.79 Å². The second kappa shape index (κ2) is 7.96. The molecule has 0 bridgehead atoms. The predicted octanol–water partition coefficient (Wildman–Crippen LogP) is 3.94. The van der Waals surface area contributed by atoms with Crippen molar-refractivity contribution in [3.63, 3.8) is 0 Å². The van der Waals surface area contributed by atoms with Gasteiger partial charge in [-0.2, -0.15) is 0 Å². The molecule has 1 atom stereocenters. The first-order valence-electron chi connectivity index (χ1n) is 9.15. The van der Waals surface area contributed by atoms with Crippen LogP contribution in [0.4, 0.5) is 0 Å². The van der Waals surface area contributed by atoms with Crippen LogP contribution >= 0.6 is 11.8 Å². The number of hydrogen-bond acceptors (Lipinski definition) is 4. The molecule has 138 valence electrons. The van der Waals surface area contributed by atoms with Crippen LogP contribution in [0.2, 0.25) is 0 Å². The number of thioether (sulfide) groups is 1. The van der Waals surface area contributed by atoms with Gasteiger partial charge in [0.15, 0.2) is 0 Å². The molecule has 1 fully saturated rings. The lowest BCUT2D eigenvalue weighted by atomic mass is 10.0. The Balaban J connectivity index is 1.35. The van der Waals surface area contributed by atoms with Crippen LogP contribution in [0, 0.1) is 12.8 Å². The van der Waals surface area contributed by atoms with Gasteiger partial charge in [0.1, 0.15) is 6.33 Å². The molecular weight excluding hydrogens is 356 g/mol. The fraction of sp³-hybridized carbons (Fsp3) is 0.286. The van der Waals surface area contributed by atoms with Gasteiger partial charge in [0, 0.05) is 0 Å². The van der Waals surface area contributed by atoms with Crippen molar-refractivity contribution >= 4 is 17.7 Å². The molecule has 1 amide bonds. The SMILES string of the molecule is Cc1ccc(C(NC(=O)CSc2ncn(-c3ccccc3)n2)C2CC2)cc1. The molecule has 1 heterocycles. The Bertz CT molecular complexity index is 903. The van der Waals surface area contributed by atoms with Crippen molar-refractivity contribution < 1.29 is 4.79 Å². The minimum Gasteiger partial charge on any atom is -0.348 e. The van der Waals surface area contributed by atoms with E-state index in [1.54, 1.807) is 11.0 Å². The maximum atomic E-state index is 12.5. The van der Waals surface area contributed by atoms with E-state index in [4.69, 9.17) is 0 Å². The van der Waals surface area contributed by atoms with Gasteiger partial charge in [0.2, 0.25) is 11.1 Å². The van der Waals surface area contributed by atoms with E-state index in [2.05, 4.69) is 46.6 Å². The molecule has 1 aromatic heterocycles. The number of para-hydroxylation sites is 1. The van der Waals surface area contributed by atoms with Gasteiger partial charge in [0.25, 0.3) is 0 Å². The normalized spacial score (nSPS) is 14.7. The molecule has 5 nitrogen and oxygen atoms in total. The number of rotatable bonds is 7. The highest BCUT2D eigenvalue weighted by Crippen LogP contribution is 2.41. The summed E-state index contributed by atoms with van der Waals surface area (Å²) in [4.78, 5) is 16.8.